The molecular formula is C22H24ClF2NO3. The predicted octanol–water partition coefficient (Wildman–Crippen LogP) is 5.12. The molecule has 0 radical (unpaired) electrons. The minimum Gasteiger partial charge on any atom is -0.384 e. The molecule has 3 atom stereocenters. The Morgan fingerprint density at radius 1 is 1.21 bits per heavy atom. The Bertz CT molecular complexity index is 862. The van der Waals surface area contributed by atoms with Crippen LogP contribution in [0.5, 0.6) is 0 Å². The number of ether oxygens (including phenoxy) is 2. The minimum absolute atomic E-state index is 0.149. The van der Waals surface area contributed by atoms with Gasteiger partial charge in [-0.3, -0.25) is 4.79 Å². The van der Waals surface area contributed by atoms with Crippen LogP contribution in [0.2, 0.25) is 5.02 Å². The van der Waals surface area contributed by atoms with Crippen molar-refractivity contribution in [2.24, 2.45) is 0 Å². The SMILES string of the molecule is COCCC(=O)N[C@@]1(C)C[C@@H](c2ccc(F)cc2)O[C@@H](c2ccc(Cl)cc2F)C1. The van der Waals surface area contributed by atoms with Crippen LogP contribution in [0.15, 0.2) is 42.5 Å². The molecule has 0 aromatic heterocycles. The second-order valence-electron chi connectivity index (χ2n) is 7.59. The van der Waals surface area contributed by atoms with Gasteiger partial charge in [0.15, 0.2) is 0 Å². The van der Waals surface area contributed by atoms with Gasteiger partial charge in [0, 0.05) is 42.5 Å². The van der Waals surface area contributed by atoms with Crippen LogP contribution in [-0.4, -0.2) is 25.2 Å². The Hall–Kier alpha value is -2.02. The largest absolute Gasteiger partial charge is 0.384 e. The second-order valence-corrected chi connectivity index (χ2v) is 8.03. The summed E-state index contributed by atoms with van der Waals surface area (Å²) < 4.78 is 39.1. The van der Waals surface area contributed by atoms with Gasteiger partial charge in [0.25, 0.3) is 0 Å². The number of carbonyl (C=O) groups excluding carboxylic acids is 1. The Balaban J connectivity index is 1.90. The molecular weight excluding hydrogens is 400 g/mol. The smallest absolute Gasteiger partial charge is 0.222 e. The number of hydrogen-bond acceptors (Lipinski definition) is 3. The Morgan fingerprint density at radius 2 is 1.90 bits per heavy atom. The van der Waals surface area contributed by atoms with E-state index in [4.69, 9.17) is 21.1 Å². The van der Waals surface area contributed by atoms with Gasteiger partial charge in [-0.15, -0.1) is 0 Å². The quantitative estimate of drug-likeness (QED) is 0.701. The number of amides is 1. The number of nitrogens with one attached hydrogen (secondary N) is 1. The summed E-state index contributed by atoms with van der Waals surface area (Å²) in [5, 5.41) is 3.35. The summed E-state index contributed by atoms with van der Waals surface area (Å²) in [6, 6.07) is 10.5. The molecule has 1 fully saturated rings. The lowest BCUT2D eigenvalue weighted by Crippen LogP contribution is -2.51. The highest BCUT2D eigenvalue weighted by molar-refractivity contribution is 6.30. The summed E-state index contributed by atoms with van der Waals surface area (Å²) in [6.45, 7) is 2.23. The van der Waals surface area contributed by atoms with E-state index < -0.39 is 23.6 Å². The van der Waals surface area contributed by atoms with E-state index in [0.717, 1.165) is 5.56 Å². The van der Waals surface area contributed by atoms with Gasteiger partial charge in [-0.2, -0.15) is 0 Å². The Kier molecular flexibility index (Phi) is 6.88. The lowest BCUT2D eigenvalue weighted by Gasteiger charge is -2.43. The van der Waals surface area contributed by atoms with Crippen LogP contribution in [0.4, 0.5) is 8.78 Å². The zero-order valence-electron chi connectivity index (χ0n) is 16.4. The first kappa shape index (κ1) is 21.7. The van der Waals surface area contributed by atoms with E-state index in [1.807, 2.05) is 6.92 Å². The van der Waals surface area contributed by atoms with Crippen molar-refractivity contribution in [3.8, 4) is 0 Å². The maximum atomic E-state index is 14.6. The number of rotatable bonds is 6. The lowest BCUT2D eigenvalue weighted by molar-refractivity contribution is -0.129. The van der Waals surface area contributed by atoms with Crippen LogP contribution in [0.3, 0.4) is 0 Å². The fourth-order valence-electron chi connectivity index (χ4n) is 3.71. The molecule has 2 aromatic carbocycles. The molecule has 156 valence electrons. The molecule has 1 saturated heterocycles. The molecule has 0 unspecified atom stereocenters. The highest BCUT2D eigenvalue weighted by Gasteiger charge is 2.41. The summed E-state index contributed by atoms with van der Waals surface area (Å²) in [5.41, 5.74) is 0.500. The van der Waals surface area contributed by atoms with Crippen molar-refractivity contribution in [3.63, 3.8) is 0 Å². The molecule has 7 heteroatoms. The van der Waals surface area contributed by atoms with Gasteiger partial charge in [-0.25, -0.2) is 8.78 Å². The lowest BCUT2D eigenvalue weighted by atomic mass is 9.81. The zero-order chi connectivity index (χ0) is 21.0. The predicted molar refractivity (Wildman–Crippen MR) is 107 cm³/mol. The monoisotopic (exact) mass is 423 g/mol. The Labute approximate surface area is 174 Å². The van der Waals surface area contributed by atoms with Crippen molar-refractivity contribution in [2.75, 3.05) is 13.7 Å². The van der Waals surface area contributed by atoms with Crippen molar-refractivity contribution in [1.82, 2.24) is 5.32 Å². The van der Waals surface area contributed by atoms with Gasteiger partial charge in [0.2, 0.25) is 5.91 Å². The van der Waals surface area contributed by atoms with Crippen molar-refractivity contribution in [3.05, 3.63) is 70.2 Å². The van der Waals surface area contributed by atoms with E-state index in [1.165, 1.54) is 25.3 Å². The van der Waals surface area contributed by atoms with Gasteiger partial charge >= 0.3 is 0 Å². The average molecular weight is 424 g/mol. The molecule has 0 aliphatic carbocycles. The van der Waals surface area contributed by atoms with E-state index in [2.05, 4.69) is 5.32 Å². The summed E-state index contributed by atoms with van der Waals surface area (Å²) in [6.07, 6.45) is 0.0695. The normalized spacial score (nSPS) is 24.3. The maximum absolute atomic E-state index is 14.6. The van der Waals surface area contributed by atoms with Crippen LogP contribution in [-0.2, 0) is 14.3 Å². The highest BCUT2D eigenvalue weighted by atomic mass is 35.5. The molecule has 29 heavy (non-hydrogen) atoms. The maximum Gasteiger partial charge on any atom is 0.222 e. The van der Waals surface area contributed by atoms with Crippen LogP contribution < -0.4 is 5.32 Å². The first-order chi connectivity index (χ1) is 13.8. The summed E-state index contributed by atoms with van der Waals surface area (Å²) in [7, 11) is 1.54. The molecule has 0 bridgehead atoms. The molecule has 1 N–H and O–H groups in total. The third-order valence-electron chi connectivity index (χ3n) is 5.13. The van der Waals surface area contributed by atoms with Gasteiger partial charge in [0.1, 0.15) is 11.6 Å². The zero-order valence-corrected chi connectivity index (χ0v) is 17.1. The van der Waals surface area contributed by atoms with Gasteiger partial charge in [-0.05, 0) is 36.8 Å². The first-order valence-corrected chi connectivity index (χ1v) is 9.83. The number of hydrogen-bond donors (Lipinski definition) is 1. The summed E-state index contributed by atoms with van der Waals surface area (Å²) >= 11 is 5.88. The van der Waals surface area contributed by atoms with Gasteiger partial charge in [-0.1, -0.05) is 29.8 Å². The molecule has 4 nitrogen and oxygen atoms in total. The average Bonchev–Trinajstić information content (AvgIpc) is 2.66. The molecule has 0 saturated carbocycles. The van der Waals surface area contributed by atoms with E-state index in [-0.39, 0.29) is 18.1 Å². The number of benzene rings is 2. The molecule has 0 spiro atoms. The first-order valence-electron chi connectivity index (χ1n) is 9.45. The fourth-order valence-corrected chi connectivity index (χ4v) is 3.87. The standard InChI is InChI=1S/C22H24ClF2NO3/c1-22(26-21(27)9-10-28-2)12-19(14-3-6-16(24)7-4-14)29-20(13-22)17-8-5-15(23)11-18(17)25/h3-8,11,19-20H,9-10,12-13H2,1-2H3,(H,26,27)/t19-,20+,22-/m0/s1. The van der Waals surface area contributed by atoms with Crippen molar-refractivity contribution in [1.29, 1.82) is 0 Å². The topological polar surface area (TPSA) is 47.6 Å². The van der Waals surface area contributed by atoms with Gasteiger partial charge in [0.05, 0.1) is 18.8 Å². The Morgan fingerprint density at radius 3 is 2.55 bits per heavy atom. The number of halogens is 3. The molecule has 1 aliphatic rings. The van der Waals surface area contributed by atoms with Crippen LogP contribution >= 0.6 is 11.6 Å². The summed E-state index contributed by atoms with van der Waals surface area (Å²) in [4.78, 5) is 12.3. The van der Waals surface area contributed by atoms with Crippen LogP contribution in [0, 0.1) is 11.6 Å². The third-order valence-corrected chi connectivity index (χ3v) is 5.36. The van der Waals surface area contributed by atoms with E-state index in [9.17, 15) is 13.6 Å². The molecule has 1 heterocycles. The van der Waals surface area contributed by atoms with Crippen LogP contribution in [0.25, 0.3) is 0 Å². The van der Waals surface area contributed by atoms with Crippen molar-refractivity contribution >= 4 is 17.5 Å². The van der Waals surface area contributed by atoms with Crippen molar-refractivity contribution < 1.29 is 23.0 Å². The van der Waals surface area contributed by atoms with E-state index >= 15 is 0 Å². The molecule has 1 aliphatic heterocycles. The number of carbonyl (C=O) groups is 1. The third kappa shape index (κ3) is 5.53. The van der Waals surface area contributed by atoms with Crippen molar-refractivity contribution in [2.45, 2.75) is 43.9 Å². The molecule has 3 rings (SSSR count). The minimum atomic E-state index is -0.640. The molecule has 1 amide bonds. The van der Waals surface area contributed by atoms with E-state index in [1.54, 1.807) is 24.3 Å². The fraction of sp³-hybridized carbons (Fsp3) is 0.409. The highest BCUT2D eigenvalue weighted by Crippen LogP contribution is 2.44. The van der Waals surface area contributed by atoms with E-state index in [0.29, 0.717) is 30.0 Å². The second kappa shape index (κ2) is 9.20. The number of methoxy groups -OCH3 is 1. The molecule has 2 aromatic rings. The van der Waals surface area contributed by atoms with Gasteiger partial charge < -0.3 is 14.8 Å². The van der Waals surface area contributed by atoms with Crippen LogP contribution in [0.1, 0.15) is 49.5 Å². The summed E-state index contributed by atoms with van der Waals surface area (Å²) in [5.74, 6) is -0.958.